The van der Waals surface area contributed by atoms with Crippen LogP contribution in [0.3, 0.4) is 0 Å². The summed E-state index contributed by atoms with van der Waals surface area (Å²) in [6, 6.07) is 9.12. The topological polar surface area (TPSA) is 44.8 Å². The molecule has 1 atom stereocenters. The molecule has 1 aliphatic rings. The first-order chi connectivity index (χ1) is 10.2. The average Bonchev–Trinajstić information content (AvgIpc) is 2.66. The first-order valence-corrected chi connectivity index (χ1v) is 7.83. The summed E-state index contributed by atoms with van der Waals surface area (Å²) in [7, 11) is -0.283. The summed E-state index contributed by atoms with van der Waals surface area (Å²) in [5.74, 6) is 0.481. The highest BCUT2D eigenvalue weighted by atomic mass is 16.7. The molecule has 0 aromatic heterocycles. The number of rotatable bonds is 5. The molecule has 1 saturated heterocycles. The second-order valence-electron chi connectivity index (χ2n) is 6.93. The van der Waals surface area contributed by atoms with Crippen LogP contribution in [0.4, 0.5) is 0 Å². The zero-order chi connectivity index (χ0) is 16.4. The number of benzene rings is 1. The van der Waals surface area contributed by atoms with Crippen molar-refractivity contribution in [2.75, 3.05) is 0 Å². The van der Waals surface area contributed by atoms with Gasteiger partial charge in [0.1, 0.15) is 5.75 Å². The van der Waals surface area contributed by atoms with Gasteiger partial charge in [-0.3, -0.25) is 4.79 Å². The van der Waals surface area contributed by atoms with Crippen LogP contribution in [0.2, 0.25) is 5.82 Å². The Hall–Kier alpha value is -1.33. The fraction of sp³-hybridized carbons (Fsp3) is 0.588. The largest absolute Gasteiger partial charge is 0.460 e. The lowest BCUT2D eigenvalue weighted by Gasteiger charge is -2.32. The summed E-state index contributed by atoms with van der Waals surface area (Å²) in [5, 5.41) is 0. The van der Waals surface area contributed by atoms with E-state index in [9.17, 15) is 4.79 Å². The Morgan fingerprint density at radius 3 is 2.23 bits per heavy atom. The molecule has 0 N–H and O–H groups in total. The number of ether oxygens (including phenoxy) is 1. The SMILES string of the molecule is CC(CCC(=O)Oc1ccccc1)B1OC(C)(C)C(C)(C)O1. The Bertz CT molecular complexity index is 497. The second-order valence-corrected chi connectivity index (χ2v) is 6.93. The Morgan fingerprint density at radius 1 is 1.14 bits per heavy atom. The second kappa shape index (κ2) is 6.43. The molecule has 1 aliphatic heterocycles. The van der Waals surface area contributed by atoms with Crippen molar-refractivity contribution in [2.45, 2.75) is 64.5 Å². The molecule has 0 bridgehead atoms. The van der Waals surface area contributed by atoms with Crippen LogP contribution in [0.1, 0.15) is 47.5 Å². The molecule has 22 heavy (non-hydrogen) atoms. The normalized spacial score (nSPS) is 20.7. The standard InChI is InChI=1S/C17H25BO4/c1-13(18-21-16(2,3)17(4,5)22-18)11-12-15(19)20-14-9-7-6-8-10-14/h6-10,13H,11-12H2,1-5H3. The van der Waals surface area contributed by atoms with Crippen LogP contribution in [0.25, 0.3) is 0 Å². The highest BCUT2D eigenvalue weighted by Gasteiger charge is 2.52. The summed E-state index contributed by atoms with van der Waals surface area (Å²) in [5.41, 5.74) is -0.674. The van der Waals surface area contributed by atoms with Gasteiger partial charge in [-0.05, 0) is 52.1 Å². The van der Waals surface area contributed by atoms with Gasteiger partial charge in [-0.2, -0.15) is 0 Å². The van der Waals surface area contributed by atoms with Crippen LogP contribution in [-0.2, 0) is 14.1 Å². The lowest BCUT2D eigenvalue weighted by atomic mass is 9.71. The van der Waals surface area contributed by atoms with E-state index in [1.807, 2.05) is 52.8 Å². The molecule has 1 fully saturated rings. The highest BCUT2D eigenvalue weighted by molar-refractivity contribution is 6.47. The lowest BCUT2D eigenvalue weighted by molar-refractivity contribution is -0.134. The van der Waals surface area contributed by atoms with E-state index in [2.05, 4.69) is 0 Å². The Balaban J connectivity index is 1.81. The molecule has 1 heterocycles. The van der Waals surface area contributed by atoms with Gasteiger partial charge in [0.2, 0.25) is 0 Å². The minimum Gasteiger partial charge on any atom is -0.427 e. The fourth-order valence-corrected chi connectivity index (χ4v) is 2.27. The molecule has 5 heteroatoms. The van der Waals surface area contributed by atoms with Crippen LogP contribution in [-0.4, -0.2) is 24.3 Å². The first kappa shape index (κ1) is 17.0. The van der Waals surface area contributed by atoms with Crippen molar-refractivity contribution in [3.63, 3.8) is 0 Å². The maximum Gasteiger partial charge on any atom is 0.460 e. The van der Waals surface area contributed by atoms with Crippen LogP contribution < -0.4 is 4.74 Å². The van der Waals surface area contributed by atoms with Crippen molar-refractivity contribution in [3.05, 3.63) is 30.3 Å². The Kier molecular flexibility index (Phi) is 4.98. The number of carbonyl (C=O) groups is 1. The number of carbonyl (C=O) groups excluding carboxylic acids is 1. The zero-order valence-electron chi connectivity index (χ0n) is 14.1. The third kappa shape index (κ3) is 3.90. The predicted octanol–water partition coefficient (Wildman–Crippen LogP) is 3.85. The number of hydrogen-bond acceptors (Lipinski definition) is 4. The van der Waals surface area contributed by atoms with Gasteiger partial charge >= 0.3 is 13.1 Å². The van der Waals surface area contributed by atoms with Gasteiger partial charge in [0, 0.05) is 6.42 Å². The minimum atomic E-state index is -0.337. The summed E-state index contributed by atoms with van der Waals surface area (Å²) in [6.45, 7) is 10.2. The molecule has 2 rings (SSSR count). The summed E-state index contributed by atoms with van der Waals surface area (Å²) in [6.07, 6.45) is 1.02. The molecule has 0 saturated carbocycles. The zero-order valence-corrected chi connectivity index (χ0v) is 14.1. The molecule has 4 nitrogen and oxygen atoms in total. The third-order valence-electron chi connectivity index (χ3n) is 4.51. The third-order valence-corrected chi connectivity index (χ3v) is 4.51. The van der Waals surface area contributed by atoms with E-state index in [4.69, 9.17) is 14.0 Å². The van der Waals surface area contributed by atoms with E-state index in [0.29, 0.717) is 18.6 Å². The van der Waals surface area contributed by atoms with E-state index in [0.717, 1.165) is 0 Å². The van der Waals surface area contributed by atoms with E-state index in [-0.39, 0.29) is 30.1 Å². The fourth-order valence-electron chi connectivity index (χ4n) is 2.27. The van der Waals surface area contributed by atoms with Crippen LogP contribution >= 0.6 is 0 Å². The molecular formula is C17H25BO4. The monoisotopic (exact) mass is 304 g/mol. The number of hydrogen-bond donors (Lipinski definition) is 0. The van der Waals surface area contributed by atoms with Crippen molar-refractivity contribution < 1.29 is 18.8 Å². The van der Waals surface area contributed by atoms with E-state index < -0.39 is 0 Å². The van der Waals surface area contributed by atoms with Crippen LogP contribution in [0, 0.1) is 0 Å². The minimum absolute atomic E-state index is 0.129. The first-order valence-electron chi connectivity index (χ1n) is 7.83. The van der Waals surface area contributed by atoms with Crippen LogP contribution in [0.15, 0.2) is 30.3 Å². The summed E-state index contributed by atoms with van der Waals surface area (Å²) >= 11 is 0. The molecule has 1 unspecified atom stereocenters. The Labute approximate surface area is 133 Å². The van der Waals surface area contributed by atoms with Crippen molar-refractivity contribution in [1.82, 2.24) is 0 Å². The lowest BCUT2D eigenvalue weighted by Crippen LogP contribution is -2.41. The molecule has 0 spiro atoms. The van der Waals surface area contributed by atoms with Crippen LogP contribution in [0.5, 0.6) is 5.75 Å². The maximum atomic E-state index is 11.9. The molecule has 1 aromatic rings. The van der Waals surface area contributed by atoms with E-state index in [1.165, 1.54) is 0 Å². The van der Waals surface area contributed by atoms with Gasteiger partial charge in [0.15, 0.2) is 0 Å². The molecule has 0 radical (unpaired) electrons. The molecular weight excluding hydrogens is 279 g/mol. The van der Waals surface area contributed by atoms with Gasteiger partial charge < -0.3 is 14.0 Å². The van der Waals surface area contributed by atoms with E-state index >= 15 is 0 Å². The van der Waals surface area contributed by atoms with Crippen molar-refractivity contribution in [3.8, 4) is 5.75 Å². The van der Waals surface area contributed by atoms with Gasteiger partial charge in [-0.1, -0.05) is 25.1 Å². The van der Waals surface area contributed by atoms with Crippen molar-refractivity contribution in [2.24, 2.45) is 0 Å². The predicted molar refractivity (Wildman–Crippen MR) is 86.8 cm³/mol. The highest BCUT2D eigenvalue weighted by Crippen LogP contribution is 2.40. The summed E-state index contributed by atoms with van der Waals surface area (Å²) in [4.78, 5) is 11.9. The average molecular weight is 304 g/mol. The molecule has 0 amide bonds. The molecule has 0 aliphatic carbocycles. The maximum absolute atomic E-state index is 11.9. The quantitative estimate of drug-likeness (QED) is 0.471. The number of esters is 1. The summed E-state index contributed by atoms with van der Waals surface area (Å²) < 4.78 is 17.3. The number of para-hydroxylation sites is 1. The molecule has 120 valence electrons. The van der Waals surface area contributed by atoms with Gasteiger partial charge in [0.25, 0.3) is 0 Å². The van der Waals surface area contributed by atoms with E-state index in [1.54, 1.807) is 12.1 Å². The van der Waals surface area contributed by atoms with Gasteiger partial charge in [0.05, 0.1) is 11.2 Å². The Morgan fingerprint density at radius 2 is 1.68 bits per heavy atom. The van der Waals surface area contributed by atoms with Crippen molar-refractivity contribution in [1.29, 1.82) is 0 Å². The van der Waals surface area contributed by atoms with Gasteiger partial charge in [-0.25, -0.2) is 0 Å². The van der Waals surface area contributed by atoms with Crippen molar-refractivity contribution >= 4 is 13.1 Å². The smallest absolute Gasteiger partial charge is 0.427 e. The van der Waals surface area contributed by atoms with Gasteiger partial charge in [-0.15, -0.1) is 0 Å². The molecule has 1 aromatic carbocycles.